The van der Waals surface area contributed by atoms with E-state index in [1.54, 1.807) is 58.9 Å². The molecule has 37 heavy (non-hydrogen) atoms. The Labute approximate surface area is 218 Å². The summed E-state index contributed by atoms with van der Waals surface area (Å²) in [6.07, 6.45) is 1.96. The number of hydrogen-bond acceptors (Lipinski definition) is 7. The number of esters is 1. The van der Waals surface area contributed by atoms with Crippen LogP contribution in [0.3, 0.4) is 0 Å². The van der Waals surface area contributed by atoms with Crippen molar-refractivity contribution < 1.29 is 38.5 Å². The molecule has 0 aliphatic heterocycles. The fourth-order valence-corrected chi connectivity index (χ4v) is 3.19. The number of carbonyl (C=O) groups excluding carboxylic acids is 3. The van der Waals surface area contributed by atoms with E-state index in [1.807, 2.05) is 0 Å². The summed E-state index contributed by atoms with van der Waals surface area (Å²) in [6, 6.07) is 6.10. The first-order valence-corrected chi connectivity index (χ1v) is 12.3. The molecule has 0 radical (unpaired) electrons. The van der Waals surface area contributed by atoms with E-state index in [-0.39, 0.29) is 32.0 Å². The maximum Gasteiger partial charge on any atom is 0.408 e. The van der Waals surface area contributed by atoms with Crippen LogP contribution in [0, 0.1) is 5.92 Å². The lowest BCUT2D eigenvalue weighted by Crippen LogP contribution is -2.53. The monoisotopic (exact) mass is 520 g/mol. The van der Waals surface area contributed by atoms with E-state index in [0.29, 0.717) is 25.2 Å². The van der Waals surface area contributed by atoms with Crippen molar-refractivity contribution in [2.45, 2.75) is 72.1 Å². The Balaban J connectivity index is 2.95. The number of unbranched alkanes of at least 4 members (excludes halogenated alkanes) is 1. The van der Waals surface area contributed by atoms with Gasteiger partial charge in [-0.3, -0.25) is 14.4 Å². The van der Waals surface area contributed by atoms with Crippen LogP contribution < -0.4 is 10.1 Å². The number of aliphatic carboxylic acids is 1. The Hall–Kier alpha value is -3.56. The SMILES string of the molecule is C=CCOC(=O)CN(Cc1ccc(OCCCCC(=O)O)cc1)C(=O)[C@@H](NC(=O)OC(C)(C)C)C(C)C. The molecule has 0 saturated carbocycles. The maximum atomic E-state index is 13.5. The predicted octanol–water partition coefficient (Wildman–Crippen LogP) is 3.93. The van der Waals surface area contributed by atoms with Crippen molar-refractivity contribution in [3.05, 3.63) is 42.5 Å². The summed E-state index contributed by atoms with van der Waals surface area (Å²) in [6.45, 7) is 12.5. The van der Waals surface area contributed by atoms with Crippen LogP contribution in [0.4, 0.5) is 4.79 Å². The zero-order valence-electron chi connectivity index (χ0n) is 22.5. The standard InChI is InChI=1S/C27H40N2O8/c1-7-15-36-23(32)18-29(25(33)24(19(2)3)28-26(34)37-27(4,5)6)17-20-11-13-21(14-12-20)35-16-9-8-10-22(30)31/h7,11-14,19,24H,1,8-10,15-18H2,2-6H3,(H,28,34)(H,30,31)/t24-/m0/s1. The van der Waals surface area contributed by atoms with Gasteiger partial charge in [-0.25, -0.2) is 4.79 Å². The highest BCUT2D eigenvalue weighted by molar-refractivity contribution is 5.88. The van der Waals surface area contributed by atoms with E-state index in [4.69, 9.17) is 19.3 Å². The van der Waals surface area contributed by atoms with E-state index in [1.165, 1.54) is 11.0 Å². The highest BCUT2D eigenvalue weighted by atomic mass is 16.6. The third kappa shape index (κ3) is 13.4. The zero-order chi connectivity index (χ0) is 28.0. The van der Waals surface area contributed by atoms with Crippen molar-refractivity contribution in [2.75, 3.05) is 19.8 Å². The normalized spacial score (nSPS) is 11.8. The van der Waals surface area contributed by atoms with E-state index >= 15 is 0 Å². The van der Waals surface area contributed by atoms with Gasteiger partial charge in [0.25, 0.3) is 0 Å². The van der Waals surface area contributed by atoms with Gasteiger partial charge in [-0.2, -0.15) is 0 Å². The summed E-state index contributed by atoms with van der Waals surface area (Å²) in [5, 5.41) is 11.3. The summed E-state index contributed by atoms with van der Waals surface area (Å²) in [4.78, 5) is 50.1. The number of hydrogen-bond donors (Lipinski definition) is 2. The molecule has 0 aromatic heterocycles. The number of alkyl carbamates (subject to hydrolysis) is 1. The summed E-state index contributed by atoms with van der Waals surface area (Å²) >= 11 is 0. The second kappa shape index (κ2) is 15.5. The molecule has 0 aliphatic rings. The Bertz CT molecular complexity index is 906. The number of benzene rings is 1. The van der Waals surface area contributed by atoms with Crippen LogP contribution in [0.15, 0.2) is 36.9 Å². The van der Waals surface area contributed by atoms with Gasteiger partial charge in [0, 0.05) is 13.0 Å². The maximum absolute atomic E-state index is 13.5. The quantitative estimate of drug-likeness (QED) is 0.202. The molecular weight excluding hydrogens is 480 g/mol. The smallest absolute Gasteiger partial charge is 0.408 e. The van der Waals surface area contributed by atoms with Gasteiger partial charge in [-0.15, -0.1) is 0 Å². The van der Waals surface area contributed by atoms with Gasteiger partial charge >= 0.3 is 18.0 Å². The average Bonchev–Trinajstić information content (AvgIpc) is 2.79. The van der Waals surface area contributed by atoms with Gasteiger partial charge < -0.3 is 29.5 Å². The first-order chi connectivity index (χ1) is 17.3. The van der Waals surface area contributed by atoms with Crippen LogP contribution in [0.25, 0.3) is 0 Å². The summed E-state index contributed by atoms with van der Waals surface area (Å²) in [5.41, 5.74) is 0.00555. The predicted molar refractivity (Wildman–Crippen MR) is 138 cm³/mol. The first kappa shape index (κ1) is 31.5. The molecule has 10 nitrogen and oxygen atoms in total. The highest BCUT2D eigenvalue weighted by Crippen LogP contribution is 2.17. The molecule has 10 heteroatoms. The number of carboxylic acid groups (broad SMARTS) is 1. The number of nitrogens with one attached hydrogen (secondary N) is 1. The van der Waals surface area contributed by atoms with Crippen LogP contribution in [0.5, 0.6) is 5.75 Å². The number of nitrogens with zero attached hydrogens (tertiary/aromatic N) is 1. The number of carbonyl (C=O) groups is 4. The zero-order valence-corrected chi connectivity index (χ0v) is 22.5. The van der Waals surface area contributed by atoms with Crippen molar-refractivity contribution in [3.8, 4) is 5.75 Å². The van der Waals surface area contributed by atoms with Gasteiger partial charge in [0.15, 0.2) is 0 Å². The molecule has 0 spiro atoms. The van der Waals surface area contributed by atoms with E-state index < -0.39 is 35.6 Å². The minimum Gasteiger partial charge on any atom is -0.494 e. The van der Waals surface area contributed by atoms with Crippen LogP contribution in [-0.2, 0) is 30.4 Å². The van der Waals surface area contributed by atoms with Crippen LogP contribution in [0.2, 0.25) is 0 Å². The Kier molecular flexibility index (Phi) is 13.2. The minimum absolute atomic E-state index is 0.0170. The van der Waals surface area contributed by atoms with Gasteiger partial charge in [-0.05, 0) is 57.2 Å². The van der Waals surface area contributed by atoms with Crippen LogP contribution in [-0.4, -0.2) is 65.3 Å². The van der Waals surface area contributed by atoms with E-state index in [0.717, 1.165) is 5.56 Å². The largest absolute Gasteiger partial charge is 0.494 e. The van der Waals surface area contributed by atoms with Crippen LogP contribution in [0.1, 0.15) is 59.4 Å². The molecule has 2 N–H and O–H groups in total. The van der Waals surface area contributed by atoms with Crippen molar-refractivity contribution >= 4 is 23.9 Å². The molecule has 1 atom stereocenters. The minimum atomic E-state index is -0.921. The molecule has 1 aromatic rings. The average molecular weight is 521 g/mol. The number of carboxylic acids is 1. The molecule has 1 aromatic carbocycles. The molecule has 0 heterocycles. The topological polar surface area (TPSA) is 131 Å². The molecule has 1 rings (SSSR count). The second-order valence-corrected chi connectivity index (χ2v) is 9.88. The van der Waals surface area contributed by atoms with Gasteiger partial charge in [0.2, 0.25) is 5.91 Å². The van der Waals surface area contributed by atoms with Gasteiger partial charge in [-0.1, -0.05) is 38.6 Å². The lowest BCUT2D eigenvalue weighted by atomic mass is 10.0. The second-order valence-electron chi connectivity index (χ2n) is 9.88. The van der Waals surface area contributed by atoms with E-state index in [9.17, 15) is 19.2 Å². The molecular formula is C27H40N2O8. The van der Waals surface area contributed by atoms with Crippen molar-refractivity contribution in [3.63, 3.8) is 0 Å². The fraction of sp³-hybridized carbons (Fsp3) is 0.556. The Morgan fingerprint density at radius 3 is 2.30 bits per heavy atom. The molecule has 0 saturated heterocycles. The molecule has 206 valence electrons. The van der Waals surface area contributed by atoms with Gasteiger partial charge in [0.05, 0.1) is 6.61 Å². The highest BCUT2D eigenvalue weighted by Gasteiger charge is 2.31. The summed E-state index contributed by atoms with van der Waals surface area (Å²) in [5.74, 6) is -1.56. The van der Waals surface area contributed by atoms with Crippen molar-refractivity contribution in [1.29, 1.82) is 0 Å². The molecule has 2 amide bonds. The van der Waals surface area contributed by atoms with Crippen LogP contribution >= 0.6 is 0 Å². The Morgan fingerprint density at radius 1 is 1.11 bits per heavy atom. The molecule has 0 fully saturated rings. The number of rotatable bonds is 15. The lowest BCUT2D eigenvalue weighted by molar-refractivity contribution is -0.149. The summed E-state index contributed by atoms with van der Waals surface area (Å²) < 4.78 is 16.0. The molecule has 0 bridgehead atoms. The molecule has 0 unspecified atom stereocenters. The Morgan fingerprint density at radius 2 is 1.76 bits per heavy atom. The van der Waals surface area contributed by atoms with Crippen molar-refractivity contribution in [2.24, 2.45) is 5.92 Å². The third-order valence-corrected chi connectivity index (χ3v) is 4.95. The third-order valence-electron chi connectivity index (χ3n) is 4.95. The summed E-state index contributed by atoms with van der Waals surface area (Å²) in [7, 11) is 0. The first-order valence-electron chi connectivity index (χ1n) is 12.3. The number of ether oxygens (including phenoxy) is 3. The number of amides is 2. The molecule has 0 aliphatic carbocycles. The van der Waals surface area contributed by atoms with Crippen molar-refractivity contribution in [1.82, 2.24) is 10.2 Å². The van der Waals surface area contributed by atoms with Gasteiger partial charge in [0.1, 0.15) is 30.5 Å². The fourth-order valence-electron chi connectivity index (χ4n) is 3.19. The lowest BCUT2D eigenvalue weighted by Gasteiger charge is -2.30. The van der Waals surface area contributed by atoms with E-state index in [2.05, 4.69) is 11.9 Å².